The molecule has 0 saturated heterocycles. The molecule has 5 rings (SSSR count). The molecule has 0 aliphatic carbocycles. The van der Waals surface area contributed by atoms with E-state index in [0.29, 0.717) is 46.7 Å². The van der Waals surface area contributed by atoms with Crippen molar-refractivity contribution >= 4 is 11.7 Å². The molecular weight excluding hydrogens is 490 g/mol. The summed E-state index contributed by atoms with van der Waals surface area (Å²) < 4.78 is 39.7. The molecule has 9 heteroatoms. The molecule has 2 aliphatic heterocycles. The summed E-state index contributed by atoms with van der Waals surface area (Å²) in [5.74, 6) is 3.16. The summed E-state index contributed by atoms with van der Waals surface area (Å²) in [5, 5.41) is 3.48. The highest BCUT2D eigenvalue weighted by molar-refractivity contribution is 5.89. The molecule has 0 aromatic heterocycles. The van der Waals surface area contributed by atoms with Crippen molar-refractivity contribution in [2.75, 3.05) is 40.0 Å². The first-order valence-electron chi connectivity index (χ1n) is 12.4. The van der Waals surface area contributed by atoms with E-state index in [2.05, 4.69) is 12.2 Å². The van der Waals surface area contributed by atoms with Gasteiger partial charge in [-0.25, -0.2) is 4.79 Å². The van der Waals surface area contributed by atoms with Gasteiger partial charge in [-0.1, -0.05) is 6.92 Å². The first-order chi connectivity index (χ1) is 18.5. The van der Waals surface area contributed by atoms with Crippen LogP contribution in [0.15, 0.2) is 48.5 Å². The maximum Gasteiger partial charge on any atom is 0.338 e. The Labute approximate surface area is 221 Å². The van der Waals surface area contributed by atoms with Crippen LogP contribution in [-0.4, -0.2) is 46.9 Å². The molecular formula is C29H31NO8. The van der Waals surface area contributed by atoms with E-state index in [9.17, 15) is 4.79 Å². The van der Waals surface area contributed by atoms with Crippen LogP contribution < -0.4 is 33.7 Å². The van der Waals surface area contributed by atoms with Crippen molar-refractivity contribution in [3.05, 3.63) is 65.2 Å². The minimum atomic E-state index is -0.402. The zero-order chi connectivity index (χ0) is 26.8. The highest BCUT2D eigenvalue weighted by Crippen LogP contribution is 2.51. The summed E-state index contributed by atoms with van der Waals surface area (Å²) in [4.78, 5) is 12.1. The van der Waals surface area contributed by atoms with Crippen LogP contribution in [0.3, 0.4) is 0 Å². The number of esters is 1. The van der Waals surface area contributed by atoms with Crippen molar-refractivity contribution in [3.63, 3.8) is 0 Å². The predicted octanol–water partition coefficient (Wildman–Crippen LogP) is 5.22. The maximum absolute atomic E-state index is 12.1. The Morgan fingerprint density at radius 2 is 1.58 bits per heavy atom. The number of methoxy groups -OCH3 is 3. The van der Waals surface area contributed by atoms with E-state index < -0.39 is 6.23 Å². The Morgan fingerprint density at radius 3 is 2.18 bits per heavy atom. The molecule has 0 spiro atoms. The molecule has 0 amide bonds. The Hall–Kier alpha value is -4.27. The Bertz CT molecular complexity index is 1300. The largest absolute Gasteiger partial charge is 0.493 e. The summed E-state index contributed by atoms with van der Waals surface area (Å²) in [5.41, 5.74) is 3.23. The number of hydrogen-bond acceptors (Lipinski definition) is 9. The molecule has 0 saturated carbocycles. The Balaban J connectivity index is 1.54. The van der Waals surface area contributed by atoms with Crippen molar-refractivity contribution in [2.24, 2.45) is 5.92 Å². The van der Waals surface area contributed by atoms with Crippen LogP contribution in [0.1, 0.15) is 41.3 Å². The molecule has 9 nitrogen and oxygen atoms in total. The second-order valence-corrected chi connectivity index (χ2v) is 9.02. The van der Waals surface area contributed by atoms with E-state index in [1.165, 1.54) is 0 Å². The van der Waals surface area contributed by atoms with Crippen LogP contribution in [0.4, 0.5) is 5.69 Å². The van der Waals surface area contributed by atoms with Crippen LogP contribution in [0.25, 0.3) is 0 Å². The molecule has 0 unspecified atom stereocenters. The summed E-state index contributed by atoms with van der Waals surface area (Å²) in [7, 11) is 4.79. The van der Waals surface area contributed by atoms with Crippen LogP contribution in [0.2, 0.25) is 0 Å². The number of benzene rings is 3. The minimum Gasteiger partial charge on any atom is -0.493 e. The third-order valence-electron chi connectivity index (χ3n) is 6.85. The van der Waals surface area contributed by atoms with Crippen LogP contribution >= 0.6 is 0 Å². The molecule has 2 aliphatic rings. The first kappa shape index (κ1) is 25.4. The van der Waals surface area contributed by atoms with Gasteiger partial charge in [0.05, 0.1) is 33.5 Å². The summed E-state index contributed by atoms with van der Waals surface area (Å²) in [6.45, 7) is 4.39. The minimum absolute atomic E-state index is 0.0459. The lowest BCUT2D eigenvalue weighted by molar-refractivity contribution is 0.0526. The summed E-state index contributed by atoms with van der Waals surface area (Å²) >= 11 is 0. The van der Waals surface area contributed by atoms with Gasteiger partial charge in [0.1, 0.15) is 5.75 Å². The zero-order valence-corrected chi connectivity index (χ0v) is 22.0. The summed E-state index contributed by atoms with van der Waals surface area (Å²) in [6, 6.07) is 14.9. The third-order valence-corrected chi connectivity index (χ3v) is 6.85. The predicted molar refractivity (Wildman–Crippen MR) is 140 cm³/mol. The molecule has 0 fully saturated rings. The van der Waals surface area contributed by atoms with Gasteiger partial charge in [-0.2, -0.15) is 0 Å². The van der Waals surface area contributed by atoms with Gasteiger partial charge in [0, 0.05) is 29.2 Å². The quantitative estimate of drug-likeness (QED) is 0.401. The highest BCUT2D eigenvalue weighted by Gasteiger charge is 2.39. The Morgan fingerprint density at radius 1 is 0.921 bits per heavy atom. The summed E-state index contributed by atoms with van der Waals surface area (Å²) in [6.07, 6.45) is -0.402. The number of fused-ring (bicyclic) bond motifs is 2. The number of hydrogen-bond donors (Lipinski definition) is 1. The molecule has 0 radical (unpaired) electrons. The smallest absolute Gasteiger partial charge is 0.338 e. The molecule has 1 N–H and O–H groups in total. The monoisotopic (exact) mass is 521 g/mol. The molecule has 38 heavy (non-hydrogen) atoms. The lowest BCUT2D eigenvalue weighted by atomic mass is 9.78. The van der Waals surface area contributed by atoms with E-state index in [1.54, 1.807) is 40.4 Å². The fraction of sp³-hybridized carbons (Fsp3) is 0.345. The Kier molecular flexibility index (Phi) is 7.09. The maximum atomic E-state index is 12.1. The molecule has 3 atom stereocenters. The lowest BCUT2D eigenvalue weighted by Crippen LogP contribution is -2.40. The van der Waals surface area contributed by atoms with E-state index in [-0.39, 0.29) is 24.6 Å². The average molecular weight is 522 g/mol. The second-order valence-electron chi connectivity index (χ2n) is 9.02. The lowest BCUT2D eigenvalue weighted by Gasteiger charge is -2.39. The normalized spacial score (nSPS) is 19.1. The number of ether oxygens (including phenoxy) is 7. The van der Waals surface area contributed by atoms with Crippen molar-refractivity contribution < 1.29 is 38.0 Å². The van der Waals surface area contributed by atoms with E-state index in [0.717, 1.165) is 16.8 Å². The number of nitrogens with one attached hydrogen (secondary N) is 1. The van der Waals surface area contributed by atoms with E-state index in [4.69, 9.17) is 33.2 Å². The van der Waals surface area contributed by atoms with Gasteiger partial charge in [0.2, 0.25) is 12.5 Å². The van der Waals surface area contributed by atoms with Crippen molar-refractivity contribution in [1.29, 1.82) is 0 Å². The molecule has 2 heterocycles. The SMILES string of the molecule is CCOC(=O)c1ccc(N[C@H]2Oc3cc4c(cc3[C@H](c3cc(OC)c(OC)c(OC)c3)[C@H]2C)OCO4)cc1. The van der Waals surface area contributed by atoms with Crippen LogP contribution in [0, 0.1) is 5.92 Å². The van der Waals surface area contributed by atoms with Gasteiger partial charge in [0.25, 0.3) is 0 Å². The number of carbonyl (C=O) groups is 1. The molecule has 3 aromatic rings. The topological polar surface area (TPSA) is 93.7 Å². The standard InChI is InChI=1S/C29H31NO8/c1-6-35-29(31)17-7-9-19(10-8-17)30-28-16(2)26(18-11-24(32-3)27(34-5)25(12-18)33-4)20-13-22-23(37-15-36-22)14-21(20)38-28/h7-14,16,26,28,30H,6,15H2,1-5H3/t16-,26+,28+/m1/s1. The molecule has 3 aromatic carbocycles. The fourth-order valence-corrected chi connectivity index (χ4v) is 4.99. The molecule has 200 valence electrons. The average Bonchev–Trinajstić information content (AvgIpc) is 3.39. The van der Waals surface area contributed by atoms with Crippen LogP contribution in [-0.2, 0) is 4.74 Å². The van der Waals surface area contributed by atoms with Crippen LogP contribution in [0.5, 0.6) is 34.5 Å². The van der Waals surface area contributed by atoms with E-state index >= 15 is 0 Å². The van der Waals surface area contributed by atoms with Gasteiger partial charge in [-0.05, 0) is 55.0 Å². The first-order valence-corrected chi connectivity index (χ1v) is 12.4. The van der Waals surface area contributed by atoms with Gasteiger partial charge in [-0.15, -0.1) is 0 Å². The number of rotatable bonds is 8. The second kappa shape index (κ2) is 10.6. The third kappa shape index (κ3) is 4.60. The van der Waals surface area contributed by atoms with Gasteiger partial charge < -0.3 is 38.5 Å². The van der Waals surface area contributed by atoms with Gasteiger partial charge in [-0.3, -0.25) is 0 Å². The molecule has 0 bridgehead atoms. The van der Waals surface area contributed by atoms with Crippen molar-refractivity contribution in [2.45, 2.75) is 26.0 Å². The number of anilines is 1. The van der Waals surface area contributed by atoms with E-state index in [1.807, 2.05) is 36.4 Å². The van der Waals surface area contributed by atoms with Crippen molar-refractivity contribution in [1.82, 2.24) is 0 Å². The van der Waals surface area contributed by atoms with Crippen molar-refractivity contribution in [3.8, 4) is 34.5 Å². The van der Waals surface area contributed by atoms with Gasteiger partial charge in [0.15, 0.2) is 29.2 Å². The highest BCUT2D eigenvalue weighted by atomic mass is 16.7. The number of carbonyl (C=O) groups excluding carboxylic acids is 1. The van der Waals surface area contributed by atoms with Gasteiger partial charge >= 0.3 is 5.97 Å². The zero-order valence-electron chi connectivity index (χ0n) is 22.0. The fourth-order valence-electron chi connectivity index (χ4n) is 4.99.